The number of carboxylic acids is 2. The van der Waals surface area contributed by atoms with E-state index in [9.17, 15) is 65.1 Å². The van der Waals surface area contributed by atoms with Gasteiger partial charge in [0.25, 0.3) is 0 Å². The van der Waals surface area contributed by atoms with E-state index in [1.54, 1.807) is 0 Å². The van der Waals surface area contributed by atoms with Crippen LogP contribution in [0.4, 0.5) is 0 Å². The van der Waals surface area contributed by atoms with E-state index in [0.29, 0.717) is 0 Å². The summed E-state index contributed by atoms with van der Waals surface area (Å²) in [4.78, 5) is 50.8. The predicted molar refractivity (Wildman–Crippen MR) is 173 cm³/mol. The maximum Gasteiger partial charge on any atom is 1.00 e. The summed E-state index contributed by atoms with van der Waals surface area (Å²) >= 11 is 0. The van der Waals surface area contributed by atoms with Crippen LogP contribution >= 0.6 is 0 Å². The van der Waals surface area contributed by atoms with Gasteiger partial charge in [-0.2, -0.15) is 0 Å². The number of fused-ring (bicyclic) bond motifs is 1. The number of aromatic hydroxyl groups is 6. The van der Waals surface area contributed by atoms with Crippen LogP contribution < -0.4 is 39.4 Å². The van der Waals surface area contributed by atoms with E-state index < -0.39 is 101 Å². The number of carboxylic acid groups (broad SMARTS) is 2. The standard InChI is InChI=1S/C36H30O16.Na/c37-20-6-1-16(11-24(20)41)13-27(34(45)46)50-29(44)10-5-18-3-9-23(40)33-30(18)31(32(52-33)19-4-8-22(39)26(43)15-19)36(49)51-28(35(47)48)14-17-2-7-21(38)25(42)12-17;/h1-12,15,27-28,31-32,37-43H,13-14H2,(H,45,46)(H,47,48);/q;+1/p-1/b10-5+;/t27-,28-,31+,32-;/m1./s1. The second kappa shape index (κ2) is 16.5. The molecular weight excluding hydrogens is 711 g/mol. The number of esters is 2. The van der Waals surface area contributed by atoms with Crippen LogP contribution in [0.25, 0.3) is 6.08 Å². The quantitative estimate of drug-likeness (QED) is 0.0401. The molecule has 53 heavy (non-hydrogen) atoms. The van der Waals surface area contributed by atoms with Crippen molar-refractivity contribution >= 4 is 30.0 Å². The molecule has 4 aromatic rings. The van der Waals surface area contributed by atoms with Crippen molar-refractivity contribution in [1.29, 1.82) is 0 Å². The Morgan fingerprint density at radius 1 is 0.698 bits per heavy atom. The number of phenols is 6. The summed E-state index contributed by atoms with van der Waals surface area (Å²) in [6, 6.07) is 12.7. The van der Waals surface area contributed by atoms with Crippen LogP contribution in [0.1, 0.15) is 39.8 Å². The molecule has 0 aliphatic carbocycles. The second-order valence-electron chi connectivity index (χ2n) is 11.6. The van der Waals surface area contributed by atoms with E-state index in [1.807, 2.05) is 0 Å². The molecule has 0 radical (unpaired) electrons. The third-order valence-electron chi connectivity index (χ3n) is 8.02. The zero-order valence-electron chi connectivity index (χ0n) is 27.6. The molecule has 8 N–H and O–H groups in total. The molecule has 4 aromatic carbocycles. The van der Waals surface area contributed by atoms with Crippen molar-refractivity contribution in [1.82, 2.24) is 0 Å². The fourth-order valence-corrected chi connectivity index (χ4v) is 5.48. The third-order valence-corrected chi connectivity index (χ3v) is 8.02. The van der Waals surface area contributed by atoms with Crippen LogP contribution in [0.3, 0.4) is 0 Å². The SMILES string of the molecule is O=C(/C=C/c1ccc(O)c2c1[C@H](C(=O)O[C@H](Cc1ccc(O)c(O)c1)C(=O)O)[C@@H](c1ccc(O)c(O)c1)O2)O[C@H](Cc1ccc([O-])c(O)c1)C(=O)O.[Na+]. The van der Waals surface area contributed by atoms with Crippen molar-refractivity contribution < 1.29 is 109 Å². The van der Waals surface area contributed by atoms with Crippen molar-refractivity contribution in [2.24, 2.45) is 0 Å². The molecule has 17 heteroatoms. The van der Waals surface area contributed by atoms with Crippen LogP contribution in [-0.2, 0) is 41.5 Å². The number of benzene rings is 4. The van der Waals surface area contributed by atoms with Gasteiger partial charge in [-0.05, 0) is 64.7 Å². The number of hydrogen-bond acceptors (Lipinski definition) is 14. The van der Waals surface area contributed by atoms with Crippen LogP contribution in [-0.4, -0.2) is 76.9 Å². The Hall–Kier alpha value is -6.10. The molecule has 16 nitrogen and oxygen atoms in total. The summed E-state index contributed by atoms with van der Waals surface area (Å²) in [5.74, 6) is -11.3. The van der Waals surface area contributed by atoms with E-state index in [1.165, 1.54) is 24.3 Å². The number of hydrogen-bond donors (Lipinski definition) is 8. The van der Waals surface area contributed by atoms with E-state index in [-0.39, 0.29) is 63.1 Å². The zero-order chi connectivity index (χ0) is 37.9. The predicted octanol–water partition coefficient (Wildman–Crippen LogP) is -0.294. The number of aliphatic carboxylic acids is 2. The van der Waals surface area contributed by atoms with Gasteiger partial charge in [0.1, 0.15) is 17.8 Å². The Kier molecular flexibility index (Phi) is 12.3. The normalized spacial score (nSPS) is 15.7. The van der Waals surface area contributed by atoms with Gasteiger partial charge >= 0.3 is 53.4 Å². The van der Waals surface area contributed by atoms with Crippen molar-refractivity contribution in [3.63, 3.8) is 0 Å². The fourth-order valence-electron chi connectivity index (χ4n) is 5.48. The first-order chi connectivity index (χ1) is 24.6. The number of carbonyl (C=O) groups excluding carboxylic acids is 2. The average molecular weight is 741 g/mol. The van der Waals surface area contributed by atoms with E-state index in [4.69, 9.17) is 14.2 Å². The maximum absolute atomic E-state index is 13.9. The molecule has 1 heterocycles. The molecule has 0 amide bonds. The molecule has 0 saturated carbocycles. The number of rotatable bonds is 12. The first-order valence-corrected chi connectivity index (χ1v) is 15.2. The van der Waals surface area contributed by atoms with Gasteiger partial charge in [0, 0.05) is 24.5 Å². The molecule has 0 aromatic heterocycles. The molecular formula is C36H29NaO16. The second-order valence-corrected chi connectivity index (χ2v) is 11.6. The molecule has 1 aliphatic heterocycles. The van der Waals surface area contributed by atoms with Gasteiger partial charge < -0.3 is 60.2 Å². The van der Waals surface area contributed by atoms with E-state index in [2.05, 4.69) is 0 Å². The average Bonchev–Trinajstić information content (AvgIpc) is 3.50. The number of ether oxygens (including phenoxy) is 3. The van der Waals surface area contributed by atoms with Crippen molar-refractivity contribution in [3.05, 3.63) is 101 Å². The van der Waals surface area contributed by atoms with Gasteiger partial charge in [-0.15, -0.1) is 0 Å². The van der Waals surface area contributed by atoms with Gasteiger partial charge in [0.2, 0.25) is 12.2 Å². The number of phenolic OH excluding ortho intramolecular Hbond substituents is 6. The van der Waals surface area contributed by atoms with Crippen molar-refractivity contribution in [2.75, 3.05) is 0 Å². The molecule has 0 spiro atoms. The first-order valence-electron chi connectivity index (χ1n) is 15.2. The summed E-state index contributed by atoms with van der Waals surface area (Å²) in [5, 5.41) is 91.0. The molecule has 0 saturated heterocycles. The van der Waals surface area contributed by atoms with Crippen LogP contribution in [0.15, 0.2) is 72.8 Å². The van der Waals surface area contributed by atoms with Gasteiger partial charge in [0.15, 0.2) is 34.5 Å². The third kappa shape index (κ3) is 9.04. The molecule has 0 unspecified atom stereocenters. The van der Waals surface area contributed by atoms with Gasteiger partial charge in [-0.1, -0.05) is 36.1 Å². The molecule has 1 aliphatic rings. The first kappa shape index (κ1) is 39.7. The zero-order valence-corrected chi connectivity index (χ0v) is 29.6. The summed E-state index contributed by atoms with van der Waals surface area (Å²) in [7, 11) is 0. The van der Waals surface area contributed by atoms with Crippen molar-refractivity contribution in [2.45, 2.75) is 37.1 Å². The molecule has 270 valence electrons. The summed E-state index contributed by atoms with van der Waals surface area (Å²) in [6.07, 6.45) is -3.92. The van der Waals surface area contributed by atoms with E-state index in [0.717, 1.165) is 54.6 Å². The molecule has 0 fully saturated rings. The van der Waals surface area contributed by atoms with Crippen molar-refractivity contribution in [3.8, 4) is 46.0 Å². The fraction of sp³-hybridized carbons (Fsp3) is 0.167. The Morgan fingerprint density at radius 3 is 1.83 bits per heavy atom. The van der Waals surface area contributed by atoms with Gasteiger partial charge in [0.05, 0.1) is 0 Å². The van der Waals surface area contributed by atoms with Gasteiger partial charge in [-0.25, -0.2) is 14.4 Å². The largest absolute Gasteiger partial charge is 1.00 e. The number of carbonyl (C=O) groups is 4. The van der Waals surface area contributed by atoms with Crippen LogP contribution in [0.2, 0.25) is 0 Å². The maximum atomic E-state index is 13.9. The summed E-state index contributed by atoms with van der Waals surface area (Å²) < 4.78 is 16.5. The Balaban J connectivity index is 0.00000627. The Labute approximate surface area is 321 Å². The molecule has 5 rings (SSSR count). The van der Waals surface area contributed by atoms with E-state index >= 15 is 0 Å². The smallest absolute Gasteiger partial charge is 0.870 e. The monoisotopic (exact) mass is 740 g/mol. The Bertz CT molecular complexity index is 2090. The topological polar surface area (TPSA) is 281 Å². The molecule has 0 bridgehead atoms. The summed E-state index contributed by atoms with van der Waals surface area (Å²) in [6.45, 7) is 0. The summed E-state index contributed by atoms with van der Waals surface area (Å²) in [5.41, 5.74) is 0.385. The minimum absolute atomic E-state index is 0. The Morgan fingerprint density at radius 2 is 1.25 bits per heavy atom. The van der Waals surface area contributed by atoms with Crippen LogP contribution in [0, 0.1) is 0 Å². The minimum Gasteiger partial charge on any atom is -0.870 e. The van der Waals surface area contributed by atoms with Gasteiger partial charge in [-0.3, -0.25) is 4.79 Å². The molecule has 4 atom stereocenters. The van der Waals surface area contributed by atoms with Crippen LogP contribution in [0.5, 0.6) is 46.0 Å². The minimum atomic E-state index is -1.85.